The maximum Gasteiger partial charge on any atom is 0.419 e. The van der Waals surface area contributed by atoms with Gasteiger partial charge in [0.25, 0.3) is 0 Å². The van der Waals surface area contributed by atoms with Crippen molar-refractivity contribution in [2.75, 3.05) is 6.61 Å². The van der Waals surface area contributed by atoms with Crippen molar-refractivity contribution in [3.63, 3.8) is 0 Å². The summed E-state index contributed by atoms with van der Waals surface area (Å²) < 4.78 is 9.50. The number of aliphatic hydroxyl groups excluding tert-OH is 1. The fourth-order valence-electron chi connectivity index (χ4n) is 1.62. The van der Waals surface area contributed by atoms with Gasteiger partial charge >= 0.3 is 12.1 Å². The topological polar surface area (TPSA) is 93.1 Å². The molecule has 0 spiro atoms. The maximum absolute atomic E-state index is 11.6. The summed E-state index contributed by atoms with van der Waals surface area (Å²) in [5.41, 5.74) is 0. The summed E-state index contributed by atoms with van der Waals surface area (Å²) in [5, 5.41) is 9.39. The number of β-lactam (4-membered cyclic amide) rings is 1. The molecule has 2 amide bonds. The minimum atomic E-state index is -1.12. The van der Waals surface area contributed by atoms with Crippen LogP contribution < -0.4 is 0 Å². The van der Waals surface area contributed by atoms with E-state index in [2.05, 4.69) is 11.3 Å². The molecule has 1 rings (SSSR count). The van der Waals surface area contributed by atoms with Gasteiger partial charge in [-0.05, 0) is 6.92 Å². The normalized spacial score (nSPS) is 23.9. The van der Waals surface area contributed by atoms with Gasteiger partial charge in [-0.1, -0.05) is 12.7 Å². The average molecular weight is 257 g/mol. The number of hydrogen-bond acceptors (Lipinski definition) is 6. The van der Waals surface area contributed by atoms with E-state index >= 15 is 0 Å². The molecular weight excluding hydrogens is 242 g/mol. The third-order valence-corrected chi connectivity index (χ3v) is 2.41. The van der Waals surface area contributed by atoms with Crippen LogP contribution in [0, 0.1) is 5.92 Å². The highest BCUT2D eigenvalue weighted by Gasteiger charge is 2.56. The van der Waals surface area contributed by atoms with Crippen LogP contribution >= 0.6 is 0 Å². The standard InChI is InChI=1S/C11H15NO6/c1-4-5-17-11(16)12-9(15)8(6(2)13)10(12)18-7(3)14/h4,6,8,10,13H,1,5H2,2-3H3/t6-,8+,10-/m1/s1. The first kappa shape index (κ1) is 14.2. The van der Waals surface area contributed by atoms with Crippen LogP contribution in [0.25, 0.3) is 0 Å². The molecule has 3 atom stereocenters. The summed E-state index contributed by atoms with van der Waals surface area (Å²) in [6.45, 7) is 5.83. The lowest BCUT2D eigenvalue weighted by Crippen LogP contribution is -2.67. The van der Waals surface area contributed by atoms with Crippen molar-refractivity contribution in [1.82, 2.24) is 4.90 Å². The number of imide groups is 1. The van der Waals surface area contributed by atoms with E-state index in [1.165, 1.54) is 13.0 Å². The Morgan fingerprint density at radius 1 is 1.61 bits per heavy atom. The molecule has 1 aliphatic rings. The molecule has 1 aliphatic heterocycles. The molecule has 0 aromatic rings. The molecule has 7 heteroatoms. The zero-order chi connectivity index (χ0) is 13.9. The average Bonchev–Trinajstić information content (AvgIpc) is 2.24. The lowest BCUT2D eigenvalue weighted by Gasteiger charge is -2.44. The Bertz CT molecular complexity index is 378. The number of carbonyl (C=O) groups is 3. The third-order valence-electron chi connectivity index (χ3n) is 2.41. The van der Waals surface area contributed by atoms with Crippen LogP contribution in [0.1, 0.15) is 13.8 Å². The first-order valence-corrected chi connectivity index (χ1v) is 5.36. The lowest BCUT2D eigenvalue weighted by atomic mass is 9.91. The molecule has 0 bridgehead atoms. The largest absolute Gasteiger partial charge is 0.445 e. The van der Waals surface area contributed by atoms with Crippen LogP contribution in [0.3, 0.4) is 0 Å². The second-order valence-electron chi connectivity index (χ2n) is 3.84. The smallest absolute Gasteiger partial charge is 0.419 e. The quantitative estimate of drug-likeness (QED) is 0.434. The summed E-state index contributed by atoms with van der Waals surface area (Å²) in [6.07, 6.45) is -1.73. The van der Waals surface area contributed by atoms with Crippen LogP contribution in [-0.2, 0) is 19.1 Å². The molecule has 1 N–H and O–H groups in total. The van der Waals surface area contributed by atoms with Gasteiger partial charge < -0.3 is 14.6 Å². The molecule has 0 radical (unpaired) electrons. The second-order valence-corrected chi connectivity index (χ2v) is 3.84. The van der Waals surface area contributed by atoms with Gasteiger partial charge in [0.15, 0.2) is 0 Å². The first-order chi connectivity index (χ1) is 8.40. The van der Waals surface area contributed by atoms with Gasteiger partial charge in [-0.2, -0.15) is 0 Å². The molecule has 0 aromatic carbocycles. The van der Waals surface area contributed by atoms with Crippen LogP contribution in [0.15, 0.2) is 12.7 Å². The van der Waals surface area contributed by atoms with Gasteiger partial charge in [-0.3, -0.25) is 9.59 Å². The summed E-state index contributed by atoms with van der Waals surface area (Å²) in [7, 11) is 0. The molecule has 1 heterocycles. The minimum absolute atomic E-state index is 0.0608. The van der Waals surface area contributed by atoms with Crippen molar-refractivity contribution >= 4 is 18.0 Å². The van der Waals surface area contributed by atoms with Gasteiger partial charge in [-0.25, -0.2) is 9.69 Å². The zero-order valence-electron chi connectivity index (χ0n) is 10.2. The Morgan fingerprint density at radius 2 is 2.22 bits per heavy atom. The fraction of sp³-hybridized carbons (Fsp3) is 0.545. The molecule has 7 nitrogen and oxygen atoms in total. The number of ether oxygens (including phenoxy) is 2. The number of nitrogens with zero attached hydrogens (tertiary/aromatic N) is 1. The van der Waals surface area contributed by atoms with Gasteiger partial charge in [0, 0.05) is 6.92 Å². The highest BCUT2D eigenvalue weighted by molar-refractivity contribution is 5.99. The van der Waals surface area contributed by atoms with E-state index in [1.807, 2.05) is 0 Å². The number of hydrogen-bond donors (Lipinski definition) is 1. The van der Waals surface area contributed by atoms with E-state index in [0.29, 0.717) is 4.90 Å². The lowest BCUT2D eigenvalue weighted by molar-refractivity contribution is -0.199. The Hall–Kier alpha value is -1.89. The predicted octanol–water partition coefficient (Wildman–Crippen LogP) is 0.0374. The monoisotopic (exact) mass is 257 g/mol. The fourth-order valence-corrected chi connectivity index (χ4v) is 1.62. The molecule has 1 fully saturated rings. The summed E-state index contributed by atoms with van der Waals surface area (Å²) in [5.74, 6) is -2.23. The van der Waals surface area contributed by atoms with Crippen LogP contribution in [0.2, 0.25) is 0 Å². The Kier molecular flexibility index (Phi) is 4.43. The number of esters is 1. The molecule has 18 heavy (non-hydrogen) atoms. The molecular formula is C11H15NO6. The van der Waals surface area contributed by atoms with E-state index in [4.69, 9.17) is 4.74 Å². The molecule has 0 aromatic heterocycles. The van der Waals surface area contributed by atoms with Crippen LogP contribution in [-0.4, -0.2) is 46.9 Å². The Balaban J connectivity index is 2.77. The van der Waals surface area contributed by atoms with E-state index in [-0.39, 0.29) is 6.61 Å². The van der Waals surface area contributed by atoms with Gasteiger partial charge in [0.1, 0.15) is 12.5 Å². The molecule has 0 aliphatic carbocycles. The van der Waals surface area contributed by atoms with E-state index in [0.717, 1.165) is 6.92 Å². The van der Waals surface area contributed by atoms with Gasteiger partial charge in [0.05, 0.1) is 6.10 Å². The number of amides is 2. The molecule has 0 saturated carbocycles. The maximum atomic E-state index is 11.6. The molecule has 100 valence electrons. The van der Waals surface area contributed by atoms with Crippen molar-refractivity contribution in [3.05, 3.63) is 12.7 Å². The van der Waals surface area contributed by atoms with Crippen molar-refractivity contribution in [2.45, 2.75) is 26.2 Å². The van der Waals surface area contributed by atoms with Crippen LogP contribution in [0.5, 0.6) is 0 Å². The summed E-state index contributed by atoms with van der Waals surface area (Å²) in [6, 6.07) is 0. The van der Waals surface area contributed by atoms with Gasteiger partial charge in [0.2, 0.25) is 12.1 Å². The van der Waals surface area contributed by atoms with Gasteiger partial charge in [-0.15, -0.1) is 0 Å². The number of rotatable bonds is 4. The number of carbonyl (C=O) groups excluding carboxylic acids is 3. The summed E-state index contributed by atoms with van der Waals surface area (Å²) >= 11 is 0. The Labute approximate surface area is 104 Å². The SMILES string of the molecule is C=CCOC(=O)N1C(=O)[C@H]([C@@H](C)O)[C@H]1OC(C)=O. The molecule has 1 saturated heterocycles. The van der Waals surface area contributed by atoms with Crippen molar-refractivity contribution in [1.29, 1.82) is 0 Å². The number of likely N-dealkylation sites (tertiary alicyclic amines) is 1. The van der Waals surface area contributed by atoms with Crippen molar-refractivity contribution in [2.24, 2.45) is 5.92 Å². The van der Waals surface area contributed by atoms with Crippen LogP contribution in [0.4, 0.5) is 4.79 Å². The Morgan fingerprint density at radius 3 is 2.67 bits per heavy atom. The highest BCUT2D eigenvalue weighted by Crippen LogP contribution is 2.31. The third kappa shape index (κ3) is 2.67. The van der Waals surface area contributed by atoms with E-state index in [1.54, 1.807) is 0 Å². The highest BCUT2D eigenvalue weighted by atomic mass is 16.6. The van der Waals surface area contributed by atoms with E-state index in [9.17, 15) is 19.5 Å². The van der Waals surface area contributed by atoms with E-state index < -0.39 is 36.2 Å². The minimum Gasteiger partial charge on any atom is -0.445 e. The molecule has 0 unspecified atom stereocenters. The number of aliphatic hydroxyl groups is 1. The van der Waals surface area contributed by atoms with Crippen molar-refractivity contribution < 1.29 is 29.0 Å². The zero-order valence-corrected chi connectivity index (χ0v) is 10.2. The second kappa shape index (κ2) is 5.63. The van der Waals surface area contributed by atoms with Crippen molar-refractivity contribution in [3.8, 4) is 0 Å². The first-order valence-electron chi connectivity index (χ1n) is 5.36. The summed E-state index contributed by atoms with van der Waals surface area (Å²) in [4.78, 5) is 34.7. The predicted molar refractivity (Wildman–Crippen MR) is 59.1 cm³/mol.